The number of benzene rings is 1. The maximum absolute atomic E-state index is 12.7. The average molecular weight is 267 g/mol. The standard InChI is InChI=1S/C16H17N3O/c20-14(19-15-17-11-6-12-18-15)16(9-4-5-10-16)13-7-2-1-3-8-13/h1-3,6-8,11-12H,4-5,9-10H2,(H,17,18,19,20). The summed E-state index contributed by atoms with van der Waals surface area (Å²) in [7, 11) is 0. The maximum atomic E-state index is 12.7. The minimum absolute atomic E-state index is 0.00685. The van der Waals surface area contributed by atoms with E-state index >= 15 is 0 Å². The van der Waals surface area contributed by atoms with E-state index in [1.54, 1.807) is 18.5 Å². The zero-order chi connectivity index (χ0) is 13.8. The zero-order valence-corrected chi connectivity index (χ0v) is 11.2. The molecule has 1 heterocycles. The summed E-state index contributed by atoms with van der Waals surface area (Å²) in [4.78, 5) is 20.9. The van der Waals surface area contributed by atoms with Crippen molar-refractivity contribution in [3.05, 3.63) is 54.4 Å². The molecule has 0 radical (unpaired) electrons. The molecule has 4 nitrogen and oxygen atoms in total. The third kappa shape index (κ3) is 2.29. The van der Waals surface area contributed by atoms with Crippen LogP contribution >= 0.6 is 0 Å². The molecule has 1 saturated carbocycles. The summed E-state index contributed by atoms with van der Waals surface area (Å²) in [5, 5.41) is 2.86. The highest BCUT2D eigenvalue weighted by atomic mass is 16.2. The molecule has 0 bridgehead atoms. The second kappa shape index (κ2) is 5.41. The van der Waals surface area contributed by atoms with Gasteiger partial charge in [-0.3, -0.25) is 10.1 Å². The molecule has 102 valence electrons. The molecular weight excluding hydrogens is 250 g/mol. The first-order chi connectivity index (χ1) is 9.81. The molecule has 0 aliphatic heterocycles. The van der Waals surface area contributed by atoms with Crippen LogP contribution in [-0.4, -0.2) is 15.9 Å². The van der Waals surface area contributed by atoms with Crippen LogP contribution in [0.15, 0.2) is 48.8 Å². The van der Waals surface area contributed by atoms with Crippen molar-refractivity contribution >= 4 is 11.9 Å². The van der Waals surface area contributed by atoms with E-state index in [9.17, 15) is 4.79 Å². The van der Waals surface area contributed by atoms with Crippen molar-refractivity contribution in [2.45, 2.75) is 31.1 Å². The van der Waals surface area contributed by atoms with Crippen LogP contribution in [0.25, 0.3) is 0 Å². The molecule has 1 aliphatic rings. The lowest BCUT2D eigenvalue weighted by Gasteiger charge is -2.27. The Kier molecular flexibility index (Phi) is 3.46. The summed E-state index contributed by atoms with van der Waals surface area (Å²) < 4.78 is 0. The lowest BCUT2D eigenvalue weighted by atomic mass is 9.78. The molecule has 20 heavy (non-hydrogen) atoms. The van der Waals surface area contributed by atoms with Crippen LogP contribution in [0.2, 0.25) is 0 Å². The summed E-state index contributed by atoms with van der Waals surface area (Å²) in [5.74, 6) is 0.382. The molecule has 0 spiro atoms. The van der Waals surface area contributed by atoms with Crippen molar-refractivity contribution < 1.29 is 4.79 Å². The maximum Gasteiger partial charge on any atom is 0.237 e. The number of carbonyl (C=O) groups excluding carboxylic acids is 1. The Balaban J connectivity index is 1.89. The number of nitrogens with zero attached hydrogens (tertiary/aromatic N) is 2. The summed E-state index contributed by atoms with van der Waals surface area (Å²) in [6.45, 7) is 0. The Morgan fingerprint density at radius 2 is 1.65 bits per heavy atom. The van der Waals surface area contributed by atoms with Crippen molar-refractivity contribution in [1.29, 1.82) is 0 Å². The van der Waals surface area contributed by atoms with Gasteiger partial charge in [-0.2, -0.15) is 0 Å². The number of hydrogen-bond acceptors (Lipinski definition) is 3. The van der Waals surface area contributed by atoms with Crippen LogP contribution in [0.3, 0.4) is 0 Å². The van der Waals surface area contributed by atoms with E-state index in [2.05, 4.69) is 15.3 Å². The van der Waals surface area contributed by atoms with Crippen molar-refractivity contribution in [3.8, 4) is 0 Å². The normalized spacial score (nSPS) is 16.8. The number of nitrogens with one attached hydrogen (secondary N) is 1. The third-order valence-electron chi connectivity index (χ3n) is 4.01. The van der Waals surface area contributed by atoms with Gasteiger partial charge in [0.1, 0.15) is 0 Å². The highest BCUT2D eigenvalue weighted by molar-refractivity contribution is 5.98. The van der Waals surface area contributed by atoms with Gasteiger partial charge in [-0.15, -0.1) is 0 Å². The fourth-order valence-electron chi connectivity index (χ4n) is 2.97. The van der Waals surface area contributed by atoms with E-state index in [1.165, 1.54) is 0 Å². The lowest BCUT2D eigenvalue weighted by molar-refractivity contribution is -0.121. The van der Waals surface area contributed by atoms with Crippen LogP contribution in [0.1, 0.15) is 31.2 Å². The minimum atomic E-state index is -0.430. The molecule has 1 N–H and O–H groups in total. The van der Waals surface area contributed by atoms with Crippen LogP contribution in [0, 0.1) is 0 Å². The van der Waals surface area contributed by atoms with E-state index in [-0.39, 0.29) is 5.91 Å². The fourth-order valence-corrected chi connectivity index (χ4v) is 2.97. The predicted octanol–water partition coefficient (Wildman–Crippen LogP) is 2.93. The Morgan fingerprint density at radius 1 is 1.00 bits per heavy atom. The van der Waals surface area contributed by atoms with Crippen LogP contribution in [0.4, 0.5) is 5.95 Å². The molecule has 1 fully saturated rings. The number of anilines is 1. The fraction of sp³-hybridized carbons (Fsp3) is 0.312. The quantitative estimate of drug-likeness (QED) is 0.930. The molecule has 0 unspecified atom stereocenters. The van der Waals surface area contributed by atoms with Crippen LogP contribution in [0.5, 0.6) is 0 Å². The topological polar surface area (TPSA) is 54.9 Å². The van der Waals surface area contributed by atoms with Gasteiger partial charge in [0.05, 0.1) is 5.41 Å². The Labute approximate surface area is 118 Å². The highest BCUT2D eigenvalue weighted by Gasteiger charge is 2.42. The zero-order valence-electron chi connectivity index (χ0n) is 11.2. The van der Waals surface area contributed by atoms with Crippen LogP contribution < -0.4 is 5.32 Å². The van der Waals surface area contributed by atoms with Crippen molar-refractivity contribution in [2.24, 2.45) is 0 Å². The first-order valence-electron chi connectivity index (χ1n) is 6.95. The molecule has 3 rings (SSSR count). The molecular formula is C16H17N3O. The van der Waals surface area contributed by atoms with Crippen molar-refractivity contribution in [1.82, 2.24) is 9.97 Å². The molecule has 1 aromatic heterocycles. The largest absolute Gasteiger partial charge is 0.294 e. The molecule has 2 aromatic rings. The lowest BCUT2D eigenvalue weighted by Crippen LogP contribution is -2.38. The Morgan fingerprint density at radius 3 is 2.30 bits per heavy atom. The number of hydrogen-bond donors (Lipinski definition) is 1. The van der Waals surface area contributed by atoms with E-state index < -0.39 is 5.41 Å². The SMILES string of the molecule is O=C(Nc1ncccn1)C1(c2ccccc2)CCCC1. The average Bonchev–Trinajstić information content (AvgIpc) is 3.00. The summed E-state index contributed by atoms with van der Waals surface area (Å²) in [5.41, 5.74) is 0.659. The van der Waals surface area contributed by atoms with E-state index in [0.717, 1.165) is 31.2 Å². The third-order valence-corrected chi connectivity index (χ3v) is 4.01. The van der Waals surface area contributed by atoms with Gasteiger partial charge in [0.25, 0.3) is 0 Å². The van der Waals surface area contributed by atoms with Crippen molar-refractivity contribution in [3.63, 3.8) is 0 Å². The highest BCUT2D eigenvalue weighted by Crippen LogP contribution is 2.41. The van der Waals surface area contributed by atoms with Crippen LogP contribution in [-0.2, 0) is 10.2 Å². The van der Waals surface area contributed by atoms with Gasteiger partial charge in [-0.25, -0.2) is 9.97 Å². The summed E-state index contributed by atoms with van der Waals surface area (Å²) in [6.07, 6.45) is 7.19. The smallest absolute Gasteiger partial charge is 0.237 e. The molecule has 1 aliphatic carbocycles. The van der Waals surface area contributed by atoms with Gasteiger partial charge in [-0.05, 0) is 24.5 Å². The summed E-state index contributed by atoms with van der Waals surface area (Å²) >= 11 is 0. The molecule has 0 saturated heterocycles. The Hall–Kier alpha value is -2.23. The molecule has 0 atom stereocenters. The number of aromatic nitrogens is 2. The van der Waals surface area contributed by atoms with Gasteiger partial charge < -0.3 is 0 Å². The molecule has 1 aromatic carbocycles. The van der Waals surface area contributed by atoms with E-state index in [1.807, 2.05) is 30.3 Å². The molecule has 4 heteroatoms. The van der Waals surface area contributed by atoms with E-state index in [4.69, 9.17) is 0 Å². The minimum Gasteiger partial charge on any atom is -0.294 e. The first kappa shape index (κ1) is 12.8. The monoisotopic (exact) mass is 267 g/mol. The summed E-state index contributed by atoms with van der Waals surface area (Å²) in [6, 6.07) is 11.8. The second-order valence-electron chi connectivity index (χ2n) is 5.18. The van der Waals surface area contributed by atoms with Crippen molar-refractivity contribution in [2.75, 3.05) is 5.32 Å². The van der Waals surface area contributed by atoms with Gasteiger partial charge >= 0.3 is 0 Å². The number of carbonyl (C=O) groups is 1. The van der Waals surface area contributed by atoms with Gasteiger partial charge in [0.15, 0.2) is 0 Å². The Bertz CT molecular complexity index is 577. The van der Waals surface area contributed by atoms with Gasteiger partial charge in [0, 0.05) is 12.4 Å². The molecule has 1 amide bonds. The van der Waals surface area contributed by atoms with E-state index in [0.29, 0.717) is 5.95 Å². The number of rotatable bonds is 3. The van der Waals surface area contributed by atoms with Gasteiger partial charge in [0.2, 0.25) is 11.9 Å². The predicted molar refractivity (Wildman–Crippen MR) is 77.2 cm³/mol. The second-order valence-corrected chi connectivity index (χ2v) is 5.18. The number of amides is 1. The van der Waals surface area contributed by atoms with Gasteiger partial charge in [-0.1, -0.05) is 43.2 Å². The first-order valence-corrected chi connectivity index (χ1v) is 6.95.